The molecule has 0 fully saturated rings. The molecule has 1 aliphatic rings. The Labute approximate surface area is 125 Å². The van der Waals surface area contributed by atoms with E-state index in [1.165, 1.54) is 0 Å². The largest absolute Gasteiger partial charge is 0.497 e. The Balaban J connectivity index is 2.03. The minimum absolute atomic E-state index is 0.382. The summed E-state index contributed by atoms with van der Waals surface area (Å²) >= 11 is 0. The maximum atomic E-state index is 10.7. The van der Waals surface area contributed by atoms with Gasteiger partial charge in [0, 0.05) is 0 Å². The highest BCUT2D eigenvalue weighted by molar-refractivity contribution is 5.44. The lowest BCUT2D eigenvalue weighted by Gasteiger charge is -2.23. The highest BCUT2D eigenvalue weighted by atomic mass is 16.5. The van der Waals surface area contributed by atoms with Crippen LogP contribution in [0.5, 0.6) is 5.75 Å². The number of hydrogen-bond donors (Lipinski definition) is 1. The van der Waals surface area contributed by atoms with Gasteiger partial charge in [0.15, 0.2) is 0 Å². The summed E-state index contributed by atoms with van der Waals surface area (Å²) in [5.41, 5.74) is 2.54. The molecule has 21 heavy (non-hydrogen) atoms. The molecule has 1 heterocycles. The van der Waals surface area contributed by atoms with Crippen LogP contribution in [0.25, 0.3) is 0 Å². The predicted molar refractivity (Wildman–Crippen MR) is 81.2 cm³/mol. The Morgan fingerprint density at radius 1 is 1.14 bits per heavy atom. The molecular weight excluding hydrogens is 264 g/mol. The molecule has 0 spiro atoms. The van der Waals surface area contributed by atoms with Crippen molar-refractivity contribution in [2.24, 2.45) is 0 Å². The number of rotatable bonds is 3. The van der Waals surface area contributed by atoms with Gasteiger partial charge >= 0.3 is 0 Å². The minimum atomic E-state index is -0.696. The lowest BCUT2D eigenvalue weighted by Crippen LogP contribution is -2.18. The molecule has 2 aromatic carbocycles. The van der Waals surface area contributed by atoms with Crippen LogP contribution in [0, 0.1) is 0 Å². The molecule has 0 aromatic heterocycles. The molecule has 3 heteroatoms. The molecule has 0 aliphatic carbocycles. The van der Waals surface area contributed by atoms with Crippen LogP contribution in [-0.4, -0.2) is 12.2 Å². The van der Waals surface area contributed by atoms with Crippen molar-refractivity contribution >= 4 is 0 Å². The third-order valence-electron chi connectivity index (χ3n) is 4.06. The van der Waals surface area contributed by atoms with E-state index in [1.54, 1.807) is 7.11 Å². The van der Waals surface area contributed by atoms with Crippen molar-refractivity contribution < 1.29 is 14.6 Å². The molecule has 0 radical (unpaired) electrons. The highest BCUT2D eigenvalue weighted by Gasteiger charge is 2.41. The Hall–Kier alpha value is -1.84. The van der Waals surface area contributed by atoms with Crippen molar-refractivity contribution in [3.8, 4) is 5.75 Å². The smallest absolute Gasteiger partial charge is 0.119 e. The molecule has 3 rings (SSSR count). The van der Waals surface area contributed by atoms with E-state index in [1.807, 2.05) is 62.4 Å². The lowest BCUT2D eigenvalue weighted by atomic mass is 9.92. The van der Waals surface area contributed by atoms with Gasteiger partial charge in [-0.1, -0.05) is 36.4 Å². The summed E-state index contributed by atoms with van der Waals surface area (Å²) < 4.78 is 11.4. The zero-order chi connectivity index (χ0) is 15.0. The van der Waals surface area contributed by atoms with Crippen molar-refractivity contribution in [1.29, 1.82) is 0 Å². The van der Waals surface area contributed by atoms with Crippen molar-refractivity contribution in [1.82, 2.24) is 0 Å². The highest BCUT2D eigenvalue weighted by Crippen LogP contribution is 2.49. The first-order chi connectivity index (χ1) is 10.0. The van der Waals surface area contributed by atoms with E-state index in [-0.39, 0.29) is 6.10 Å². The minimum Gasteiger partial charge on any atom is -0.497 e. The van der Waals surface area contributed by atoms with Crippen LogP contribution in [0.3, 0.4) is 0 Å². The molecule has 1 aliphatic heterocycles. The number of aliphatic hydroxyl groups is 1. The molecule has 0 unspecified atom stereocenters. The zero-order valence-corrected chi connectivity index (χ0v) is 12.5. The molecule has 0 saturated heterocycles. The SMILES string of the molecule is COc1ccc2c(c1)[C@@H]([C@@H](O)c1ccccc1)OC2(C)C. The van der Waals surface area contributed by atoms with E-state index in [0.29, 0.717) is 0 Å². The van der Waals surface area contributed by atoms with E-state index in [0.717, 1.165) is 22.4 Å². The van der Waals surface area contributed by atoms with Crippen molar-refractivity contribution in [3.63, 3.8) is 0 Å². The number of aliphatic hydroxyl groups excluding tert-OH is 1. The van der Waals surface area contributed by atoms with Gasteiger partial charge in [-0.25, -0.2) is 0 Å². The van der Waals surface area contributed by atoms with E-state index >= 15 is 0 Å². The number of fused-ring (bicyclic) bond motifs is 1. The Morgan fingerprint density at radius 2 is 1.86 bits per heavy atom. The molecule has 1 N–H and O–H groups in total. The Morgan fingerprint density at radius 3 is 2.52 bits per heavy atom. The van der Waals surface area contributed by atoms with Crippen LogP contribution in [0.2, 0.25) is 0 Å². The number of benzene rings is 2. The van der Waals surface area contributed by atoms with E-state index in [4.69, 9.17) is 9.47 Å². The summed E-state index contributed by atoms with van der Waals surface area (Å²) in [6.07, 6.45) is -1.08. The predicted octanol–water partition coefficient (Wildman–Crippen LogP) is 3.74. The molecule has 0 bridgehead atoms. The first-order valence-corrected chi connectivity index (χ1v) is 7.12. The summed E-state index contributed by atoms with van der Waals surface area (Å²) in [5.74, 6) is 0.778. The molecule has 0 saturated carbocycles. The fourth-order valence-corrected chi connectivity index (χ4v) is 2.96. The van der Waals surface area contributed by atoms with Gasteiger partial charge in [-0.15, -0.1) is 0 Å². The summed E-state index contributed by atoms with van der Waals surface area (Å²) in [6, 6.07) is 15.5. The van der Waals surface area contributed by atoms with Crippen LogP contribution in [-0.2, 0) is 10.3 Å². The van der Waals surface area contributed by atoms with Gasteiger partial charge in [0.05, 0.1) is 12.7 Å². The van der Waals surface area contributed by atoms with Crippen LogP contribution in [0.4, 0.5) is 0 Å². The molecule has 110 valence electrons. The quantitative estimate of drug-likeness (QED) is 0.933. The second kappa shape index (κ2) is 5.17. The first kappa shape index (κ1) is 14.1. The van der Waals surface area contributed by atoms with Crippen LogP contribution < -0.4 is 4.74 Å². The standard InChI is InChI=1S/C18H20O3/c1-18(2)15-10-9-13(20-3)11-14(15)17(21-18)16(19)12-7-5-4-6-8-12/h4-11,16-17,19H,1-3H3/t16-,17-/m0/s1. The zero-order valence-electron chi connectivity index (χ0n) is 12.5. The monoisotopic (exact) mass is 284 g/mol. The molecule has 3 nitrogen and oxygen atoms in total. The maximum Gasteiger partial charge on any atom is 0.119 e. The van der Waals surface area contributed by atoms with Gasteiger partial charge in [-0.05, 0) is 42.7 Å². The van der Waals surface area contributed by atoms with Crippen molar-refractivity contribution in [2.75, 3.05) is 7.11 Å². The van der Waals surface area contributed by atoms with Gasteiger partial charge in [0.2, 0.25) is 0 Å². The second-order valence-corrected chi connectivity index (χ2v) is 5.86. The van der Waals surface area contributed by atoms with Crippen LogP contribution in [0.1, 0.15) is 42.7 Å². The molecular formula is C18H20O3. The van der Waals surface area contributed by atoms with E-state index < -0.39 is 11.7 Å². The lowest BCUT2D eigenvalue weighted by molar-refractivity contribution is -0.105. The number of ether oxygens (including phenoxy) is 2. The first-order valence-electron chi connectivity index (χ1n) is 7.12. The van der Waals surface area contributed by atoms with Crippen LogP contribution >= 0.6 is 0 Å². The average Bonchev–Trinajstić information content (AvgIpc) is 2.78. The van der Waals surface area contributed by atoms with Crippen molar-refractivity contribution in [3.05, 3.63) is 65.2 Å². The van der Waals surface area contributed by atoms with E-state index in [2.05, 4.69) is 0 Å². The van der Waals surface area contributed by atoms with Gasteiger partial charge < -0.3 is 14.6 Å². The maximum absolute atomic E-state index is 10.7. The normalized spacial score (nSPS) is 20.9. The topological polar surface area (TPSA) is 38.7 Å². The third kappa shape index (κ3) is 2.43. The van der Waals surface area contributed by atoms with Crippen LogP contribution in [0.15, 0.2) is 48.5 Å². The summed E-state index contributed by atoms with van der Waals surface area (Å²) in [5, 5.41) is 10.7. The second-order valence-electron chi connectivity index (χ2n) is 5.86. The third-order valence-corrected chi connectivity index (χ3v) is 4.06. The van der Waals surface area contributed by atoms with Gasteiger partial charge in [0.25, 0.3) is 0 Å². The van der Waals surface area contributed by atoms with Crippen molar-refractivity contribution in [2.45, 2.75) is 31.7 Å². The fraction of sp³-hybridized carbons (Fsp3) is 0.333. The van der Waals surface area contributed by atoms with Gasteiger partial charge in [-0.3, -0.25) is 0 Å². The fourth-order valence-electron chi connectivity index (χ4n) is 2.96. The Bertz CT molecular complexity index is 634. The molecule has 2 atom stereocenters. The van der Waals surface area contributed by atoms with Gasteiger partial charge in [0.1, 0.15) is 18.0 Å². The summed E-state index contributed by atoms with van der Waals surface area (Å²) in [7, 11) is 1.64. The molecule has 2 aromatic rings. The Kier molecular flexibility index (Phi) is 3.47. The van der Waals surface area contributed by atoms with Gasteiger partial charge in [-0.2, -0.15) is 0 Å². The summed E-state index contributed by atoms with van der Waals surface area (Å²) in [4.78, 5) is 0. The number of hydrogen-bond acceptors (Lipinski definition) is 3. The molecule has 0 amide bonds. The van der Waals surface area contributed by atoms with E-state index in [9.17, 15) is 5.11 Å². The number of methoxy groups -OCH3 is 1. The summed E-state index contributed by atoms with van der Waals surface area (Å²) in [6.45, 7) is 4.05. The average molecular weight is 284 g/mol.